The van der Waals surface area contributed by atoms with E-state index in [4.69, 9.17) is 22.1 Å². The van der Waals surface area contributed by atoms with Gasteiger partial charge in [0.25, 0.3) is 0 Å². The van der Waals surface area contributed by atoms with Crippen LogP contribution < -0.4 is 10.5 Å². The molecule has 0 aliphatic heterocycles. The van der Waals surface area contributed by atoms with E-state index in [1.807, 2.05) is 42.5 Å². The van der Waals surface area contributed by atoms with Crippen molar-refractivity contribution in [2.75, 3.05) is 5.73 Å². The van der Waals surface area contributed by atoms with Crippen molar-refractivity contribution in [2.24, 2.45) is 0 Å². The quantitative estimate of drug-likeness (QED) is 0.859. The Hall–Kier alpha value is -1.19. The van der Waals surface area contributed by atoms with E-state index in [1.54, 1.807) is 0 Å². The third-order valence-electron chi connectivity index (χ3n) is 2.32. The van der Waals surface area contributed by atoms with Crippen molar-refractivity contribution >= 4 is 33.2 Å². The van der Waals surface area contributed by atoms with Gasteiger partial charge in [0.1, 0.15) is 12.4 Å². The normalized spacial score (nSPS) is 10.2. The molecule has 0 heterocycles. The molecule has 88 valence electrons. The molecule has 0 unspecified atom stereocenters. The van der Waals surface area contributed by atoms with Crippen LogP contribution in [0.3, 0.4) is 0 Å². The van der Waals surface area contributed by atoms with Gasteiger partial charge in [-0.1, -0.05) is 45.7 Å². The van der Waals surface area contributed by atoms with Crippen LogP contribution in [0.25, 0.3) is 0 Å². The molecule has 0 bridgehead atoms. The van der Waals surface area contributed by atoms with E-state index in [0.717, 1.165) is 10.0 Å². The lowest BCUT2D eigenvalue weighted by Crippen LogP contribution is -1.99. The molecule has 0 spiro atoms. The largest absolute Gasteiger partial charge is 0.487 e. The number of rotatable bonds is 3. The number of nitrogen functional groups attached to an aromatic ring is 1. The molecule has 4 heteroatoms. The topological polar surface area (TPSA) is 35.2 Å². The van der Waals surface area contributed by atoms with Gasteiger partial charge in [-0.05, 0) is 24.3 Å². The van der Waals surface area contributed by atoms with E-state index < -0.39 is 0 Å². The summed E-state index contributed by atoms with van der Waals surface area (Å²) in [5.41, 5.74) is 7.45. The second-order valence-corrected chi connectivity index (χ2v) is 4.85. The highest BCUT2D eigenvalue weighted by Gasteiger charge is 2.03. The van der Waals surface area contributed by atoms with E-state index in [2.05, 4.69) is 15.9 Å². The number of nitrogens with two attached hydrogens (primary N) is 1. The summed E-state index contributed by atoms with van der Waals surface area (Å²) in [5.74, 6) is 0.689. The number of hydrogen-bond acceptors (Lipinski definition) is 2. The first-order chi connectivity index (χ1) is 8.16. The zero-order chi connectivity index (χ0) is 12.3. The second-order valence-electron chi connectivity index (χ2n) is 3.56. The van der Waals surface area contributed by atoms with E-state index in [-0.39, 0.29) is 0 Å². The lowest BCUT2D eigenvalue weighted by molar-refractivity contribution is 0.307. The van der Waals surface area contributed by atoms with Crippen LogP contribution >= 0.6 is 27.5 Å². The van der Waals surface area contributed by atoms with Gasteiger partial charge in [0.2, 0.25) is 0 Å². The minimum Gasteiger partial charge on any atom is -0.487 e. The van der Waals surface area contributed by atoms with Gasteiger partial charge >= 0.3 is 0 Å². The van der Waals surface area contributed by atoms with Gasteiger partial charge in [-0.3, -0.25) is 0 Å². The van der Waals surface area contributed by atoms with Gasteiger partial charge in [0.05, 0.1) is 5.69 Å². The minimum atomic E-state index is 0.450. The maximum absolute atomic E-state index is 5.87. The van der Waals surface area contributed by atoms with Crippen LogP contribution in [0.15, 0.2) is 46.9 Å². The molecule has 2 aromatic rings. The van der Waals surface area contributed by atoms with Crippen molar-refractivity contribution in [1.29, 1.82) is 0 Å². The van der Waals surface area contributed by atoms with Crippen LogP contribution in [-0.2, 0) is 6.61 Å². The van der Waals surface area contributed by atoms with Gasteiger partial charge in [0.15, 0.2) is 0 Å². The summed E-state index contributed by atoms with van der Waals surface area (Å²) >= 11 is 9.31. The Morgan fingerprint density at radius 1 is 1.18 bits per heavy atom. The molecule has 0 amide bonds. The molecule has 0 atom stereocenters. The lowest BCUT2D eigenvalue weighted by atomic mass is 10.2. The van der Waals surface area contributed by atoms with Crippen LogP contribution in [0, 0.1) is 0 Å². The molecule has 0 aliphatic carbocycles. The van der Waals surface area contributed by atoms with Crippen molar-refractivity contribution in [3.05, 3.63) is 57.5 Å². The van der Waals surface area contributed by atoms with Crippen molar-refractivity contribution in [3.8, 4) is 5.75 Å². The van der Waals surface area contributed by atoms with E-state index >= 15 is 0 Å². The molecule has 0 saturated carbocycles. The average Bonchev–Trinajstić information content (AvgIpc) is 2.30. The number of ether oxygens (including phenoxy) is 1. The van der Waals surface area contributed by atoms with E-state index in [1.165, 1.54) is 0 Å². The molecule has 0 saturated heterocycles. The summed E-state index contributed by atoms with van der Waals surface area (Å²) in [7, 11) is 0. The lowest BCUT2D eigenvalue weighted by Gasteiger charge is -2.10. The molecule has 2 aromatic carbocycles. The highest BCUT2D eigenvalue weighted by Crippen LogP contribution is 2.25. The second kappa shape index (κ2) is 5.43. The number of halogens is 2. The van der Waals surface area contributed by atoms with E-state index in [0.29, 0.717) is 23.1 Å². The Morgan fingerprint density at radius 2 is 1.94 bits per heavy atom. The van der Waals surface area contributed by atoms with Gasteiger partial charge in [-0.2, -0.15) is 0 Å². The molecule has 0 aromatic heterocycles. The SMILES string of the molecule is Nc1ccccc1OCc1ccc(Cl)cc1Br. The Kier molecular flexibility index (Phi) is 3.92. The van der Waals surface area contributed by atoms with Gasteiger partial charge in [0, 0.05) is 15.1 Å². The molecule has 17 heavy (non-hydrogen) atoms. The molecule has 2 nitrogen and oxygen atoms in total. The summed E-state index contributed by atoms with van der Waals surface area (Å²) in [6.07, 6.45) is 0. The summed E-state index contributed by atoms with van der Waals surface area (Å²) in [5, 5.41) is 0.694. The first-order valence-electron chi connectivity index (χ1n) is 5.08. The van der Waals surface area contributed by atoms with Gasteiger partial charge < -0.3 is 10.5 Å². The Bertz CT molecular complexity index is 531. The molecular formula is C13H11BrClNO. The van der Waals surface area contributed by atoms with E-state index in [9.17, 15) is 0 Å². The number of para-hydroxylation sites is 2. The average molecular weight is 313 g/mol. The zero-order valence-corrected chi connectivity index (χ0v) is 11.3. The third-order valence-corrected chi connectivity index (χ3v) is 3.29. The minimum absolute atomic E-state index is 0.450. The number of anilines is 1. The predicted octanol–water partition coefficient (Wildman–Crippen LogP) is 4.26. The fourth-order valence-corrected chi connectivity index (χ4v) is 2.20. The maximum atomic E-state index is 5.87. The fourth-order valence-electron chi connectivity index (χ4n) is 1.41. The summed E-state index contributed by atoms with van der Waals surface area (Å²) < 4.78 is 6.58. The zero-order valence-electron chi connectivity index (χ0n) is 8.99. The molecule has 0 radical (unpaired) electrons. The monoisotopic (exact) mass is 311 g/mol. The van der Waals surface area contributed by atoms with Crippen molar-refractivity contribution in [3.63, 3.8) is 0 Å². The predicted molar refractivity (Wildman–Crippen MR) is 74.3 cm³/mol. The molecule has 0 aliphatic rings. The Balaban J connectivity index is 2.10. The first-order valence-corrected chi connectivity index (χ1v) is 6.25. The highest BCUT2D eigenvalue weighted by molar-refractivity contribution is 9.10. The van der Waals surface area contributed by atoms with Gasteiger partial charge in [-0.15, -0.1) is 0 Å². The maximum Gasteiger partial charge on any atom is 0.142 e. The van der Waals surface area contributed by atoms with Crippen molar-refractivity contribution < 1.29 is 4.74 Å². The summed E-state index contributed by atoms with van der Waals surface area (Å²) in [6, 6.07) is 13.0. The van der Waals surface area contributed by atoms with Crippen LogP contribution in [0.5, 0.6) is 5.75 Å². The molecule has 0 fully saturated rings. The van der Waals surface area contributed by atoms with Crippen molar-refractivity contribution in [2.45, 2.75) is 6.61 Å². The van der Waals surface area contributed by atoms with Crippen LogP contribution in [-0.4, -0.2) is 0 Å². The Morgan fingerprint density at radius 3 is 2.65 bits per heavy atom. The van der Waals surface area contributed by atoms with Crippen LogP contribution in [0.1, 0.15) is 5.56 Å². The van der Waals surface area contributed by atoms with Crippen LogP contribution in [0.2, 0.25) is 5.02 Å². The molecular weight excluding hydrogens is 302 g/mol. The number of hydrogen-bond donors (Lipinski definition) is 1. The van der Waals surface area contributed by atoms with Crippen molar-refractivity contribution in [1.82, 2.24) is 0 Å². The Labute approximate surface area is 113 Å². The van der Waals surface area contributed by atoms with Crippen LogP contribution in [0.4, 0.5) is 5.69 Å². The molecule has 2 N–H and O–H groups in total. The summed E-state index contributed by atoms with van der Waals surface area (Å²) in [4.78, 5) is 0. The number of benzene rings is 2. The fraction of sp³-hybridized carbons (Fsp3) is 0.0769. The third kappa shape index (κ3) is 3.14. The highest BCUT2D eigenvalue weighted by atomic mass is 79.9. The summed E-state index contributed by atoms with van der Waals surface area (Å²) in [6.45, 7) is 0.450. The molecule has 2 rings (SSSR count). The van der Waals surface area contributed by atoms with Gasteiger partial charge in [-0.25, -0.2) is 0 Å². The first kappa shape index (κ1) is 12.3. The standard InChI is InChI=1S/C13H11BrClNO/c14-11-7-10(15)6-5-9(11)8-17-13-4-2-1-3-12(13)16/h1-7H,8,16H2. The smallest absolute Gasteiger partial charge is 0.142 e.